The quantitative estimate of drug-likeness (QED) is 0.536. The van der Waals surface area contributed by atoms with E-state index in [1.807, 2.05) is 0 Å². The smallest absolute Gasteiger partial charge is 0.289 e. The molecule has 0 aliphatic heterocycles. The lowest BCUT2D eigenvalue weighted by Crippen LogP contribution is -2.00. The van der Waals surface area contributed by atoms with E-state index in [0.29, 0.717) is 16.6 Å². The van der Waals surface area contributed by atoms with E-state index in [4.69, 9.17) is 0 Å². The van der Waals surface area contributed by atoms with Crippen molar-refractivity contribution in [3.63, 3.8) is 0 Å². The summed E-state index contributed by atoms with van der Waals surface area (Å²) in [6, 6.07) is 8.91. The molecule has 3 N–H and O–H groups in total. The van der Waals surface area contributed by atoms with Gasteiger partial charge in [-0.15, -0.1) is 0 Å². The number of nitrogens with one attached hydrogen (secondary N) is 3. The maximum Gasteiger partial charge on any atom is 0.340 e. The zero-order valence-electron chi connectivity index (χ0n) is 12.7. The lowest BCUT2D eigenvalue weighted by Gasteiger charge is -1.99. The minimum Gasteiger partial charge on any atom is -0.289 e. The van der Waals surface area contributed by atoms with Gasteiger partial charge in [0.1, 0.15) is 11.3 Å². The van der Waals surface area contributed by atoms with Crippen LogP contribution in [0.5, 0.6) is 0 Å². The number of aromatic amines is 3. The third kappa shape index (κ3) is 2.85. The topological polar surface area (TPSA) is 90.2 Å². The van der Waals surface area contributed by atoms with Crippen molar-refractivity contribution in [3.05, 3.63) is 69.8 Å². The van der Waals surface area contributed by atoms with Gasteiger partial charge in [0.25, 0.3) is 0 Å². The Labute approximate surface area is 139 Å². The van der Waals surface area contributed by atoms with Crippen LogP contribution in [-0.2, 0) is 0 Å². The first kappa shape index (κ1) is 15.0. The van der Waals surface area contributed by atoms with Crippen LogP contribution in [0.2, 0.25) is 0 Å². The fraction of sp³-hybridized carbons (Fsp3) is 0. The number of hydrogen-bond donors (Lipinski definition) is 3. The Bertz CT molecular complexity index is 1140. The number of benzene rings is 2. The van der Waals surface area contributed by atoms with Gasteiger partial charge in [0.2, 0.25) is 0 Å². The number of hydrogen-bond acceptors (Lipinski definition) is 3. The first-order valence-corrected chi connectivity index (χ1v) is 7.36. The fourth-order valence-electron chi connectivity index (χ4n) is 2.52. The van der Waals surface area contributed by atoms with Gasteiger partial charge in [-0.3, -0.25) is 10.1 Å². The standard InChI is InChI=1S/C17H11F2N5O/c18-11-4-1-9(2-5-11)3-6-14-12-7-10(16-20-17(25)24-23-16)8-13(19)15(12)22-21-14/h1-8H,(H,21,22)(H2,20,23,24,25)/b6-3+. The number of aromatic nitrogens is 5. The first-order chi connectivity index (χ1) is 12.1. The summed E-state index contributed by atoms with van der Waals surface area (Å²) in [5, 5.41) is 13.3. The summed E-state index contributed by atoms with van der Waals surface area (Å²) in [6.45, 7) is 0. The lowest BCUT2D eigenvalue weighted by molar-refractivity contribution is 0.627. The van der Waals surface area contributed by atoms with Crippen LogP contribution in [0.3, 0.4) is 0 Å². The van der Waals surface area contributed by atoms with E-state index in [0.717, 1.165) is 5.56 Å². The van der Waals surface area contributed by atoms with Gasteiger partial charge in [0.05, 0.1) is 5.69 Å². The van der Waals surface area contributed by atoms with Crippen LogP contribution in [0.4, 0.5) is 8.78 Å². The number of nitrogens with zero attached hydrogens (tertiary/aromatic N) is 2. The average Bonchev–Trinajstić information content (AvgIpc) is 3.21. The van der Waals surface area contributed by atoms with Crippen molar-refractivity contribution in [2.45, 2.75) is 0 Å². The van der Waals surface area contributed by atoms with E-state index in [9.17, 15) is 13.6 Å². The van der Waals surface area contributed by atoms with E-state index in [2.05, 4.69) is 25.4 Å². The molecule has 2 aromatic heterocycles. The third-order valence-electron chi connectivity index (χ3n) is 3.73. The number of H-pyrrole nitrogens is 3. The summed E-state index contributed by atoms with van der Waals surface area (Å²) >= 11 is 0. The van der Waals surface area contributed by atoms with Crippen molar-refractivity contribution in [2.75, 3.05) is 0 Å². The molecule has 0 unspecified atom stereocenters. The molecular weight excluding hydrogens is 328 g/mol. The summed E-state index contributed by atoms with van der Waals surface area (Å²) in [7, 11) is 0. The molecule has 2 heterocycles. The van der Waals surface area contributed by atoms with Gasteiger partial charge in [0, 0.05) is 10.9 Å². The molecule has 0 radical (unpaired) electrons. The van der Waals surface area contributed by atoms with Gasteiger partial charge in [-0.25, -0.2) is 18.7 Å². The van der Waals surface area contributed by atoms with Gasteiger partial charge in [-0.2, -0.15) is 10.2 Å². The molecule has 0 aliphatic rings. The van der Waals surface area contributed by atoms with E-state index >= 15 is 0 Å². The van der Waals surface area contributed by atoms with E-state index in [-0.39, 0.29) is 17.2 Å². The SMILES string of the molecule is O=c1[nH]nc(-c2cc(F)c3n[nH]c(/C=C/c4ccc(F)cc4)c3c2)[nH]1. The second-order valence-electron chi connectivity index (χ2n) is 5.40. The van der Waals surface area contributed by atoms with Crippen LogP contribution in [0.15, 0.2) is 41.2 Å². The van der Waals surface area contributed by atoms with Crippen LogP contribution < -0.4 is 5.69 Å². The zero-order chi connectivity index (χ0) is 17.4. The molecule has 0 spiro atoms. The zero-order valence-corrected chi connectivity index (χ0v) is 12.7. The summed E-state index contributed by atoms with van der Waals surface area (Å²) in [5.74, 6) is -0.613. The minimum absolute atomic E-state index is 0.181. The second kappa shape index (κ2) is 5.82. The molecule has 6 nitrogen and oxygen atoms in total. The Morgan fingerprint density at radius 2 is 1.76 bits per heavy atom. The molecule has 0 saturated heterocycles. The number of halogens is 2. The first-order valence-electron chi connectivity index (χ1n) is 7.36. The maximum atomic E-state index is 14.3. The molecule has 2 aromatic carbocycles. The van der Waals surface area contributed by atoms with Crippen LogP contribution >= 0.6 is 0 Å². The number of fused-ring (bicyclic) bond motifs is 1. The van der Waals surface area contributed by atoms with Gasteiger partial charge in [-0.05, 0) is 35.9 Å². The Hall–Kier alpha value is -3.55. The van der Waals surface area contributed by atoms with Crippen LogP contribution in [0, 0.1) is 11.6 Å². The summed E-state index contributed by atoms with van der Waals surface area (Å²) in [5.41, 5.74) is 1.50. The molecular formula is C17H11F2N5O. The van der Waals surface area contributed by atoms with Gasteiger partial charge in [0.15, 0.2) is 11.6 Å². The van der Waals surface area contributed by atoms with Crippen molar-refractivity contribution < 1.29 is 8.78 Å². The largest absolute Gasteiger partial charge is 0.340 e. The highest BCUT2D eigenvalue weighted by molar-refractivity contribution is 5.92. The van der Waals surface area contributed by atoms with Crippen LogP contribution in [-0.4, -0.2) is 25.4 Å². The van der Waals surface area contributed by atoms with Crippen molar-refractivity contribution in [3.8, 4) is 11.4 Å². The second-order valence-corrected chi connectivity index (χ2v) is 5.40. The van der Waals surface area contributed by atoms with Gasteiger partial charge in [-0.1, -0.05) is 18.2 Å². The molecule has 8 heteroatoms. The molecule has 0 bridgehead atoms. The highest BCUT2D eigenvalue weighted by atomic mass is 19.1. The molecule has 0 atom stereocenters. The van der Waals surface area contributed by atoms with Gasteiger partial charge < -0.3 is 0 Å². The summed E-state index contributed by atoms with van der Waals surface area (Å²) < 4.78 is 27.2. The third-order valence-corrected chi connectivity index (χ3v) is 3.73. The number of rotatable bonds is 3. The van der Waals surface area contributed by atoms with Crippen molar-refractivity contribution in [1.82, 2.24) is 25.4 Å². The molecule has 4 rings (SSSR count). The summed E-state index contributed by atoms with van der Waals surface area (Å²) in [4.78, 5) is 13.7. The Balaban J connectivity index is 1.78. The molecule has 0 amide bonds. The normalized spacial score (nSPS) is 11.6. The average molecular weight is 339 g/mol. The highest BCUT2D eigenvalue weighted by Crippen LogP contribution is 2.26. The van der Waals surface area contributed by atoms with Crippen LogP contribution in [0.25, 0.3) is 34.4 Å². The molecule has 0 aliphatic carbocycles. The van der Waals surface area contributed by atoms with E-state index in [1.165, 1.54) is 18.2 Å². The lowest BCUT2D eigenvalue weighted by atomic mass is 10.1. The summed E-state index contributed by atoms with van der Waals surface area (Å²) in [6.07, 6.45) is 3.48. The Morgan fingerprint density at radius 1 is 0.960 bits per heavy atom. The molecule has 124 valence electrons. The minimum atomic E-state index is -0.533. The van der Waals surface area contributed by atoms with Crippen molar-refractivity contribution in [1.29, 1.82) is 0 Å². The van der Waals surface area contributed by atoms with E-state index in [1.54, 1.807) is 30.4 Å². The molecule has 0 saturated carbocycles. The van der Waals surface area contributed by atoms with Crippen LogP contribution in [0.1, 0.15) is 11.3 Å². The monoisotopic (exact) mass is 339 g/mol. The molecule has 4 aromatic rings. The predicted molar refractivity (Wildman–Crippen MR) is 89.6 cm³/mol. The molecule has 0 fully saturated rings. The highest BCUT2D eigenvalue weighted by Gasteiger charge is 2.13. The van der Waals surface area contributed by atoms with Crippen molar-refractivity contribution >= 4 is 23.1 Å². The van der Waals surface area contributed by atoms with E-state index < -0.39 is 11.5 Å². The Kier molecular flexibility index (Phi) is 3.50. The molecule has 25 heavy (non-hydrogen) atoms. The maximum absolute atomic E-state index is 14.3. The van der Waals surface area contributed by atoms with Crippen molar-refractivity contribution in [2.24, 2.45) is 0 Å². The predicted octanol–water partition coefficient (Wildman–Crippen LogP) is 3.09. The fourth-order valence-corrected chi connectivity index (χ4v) is 2.52. The van der Waals surface area contributed by atoms with Gasteiger partial charge >= 0.3 is 5.69 Å². The Morgan fingerprint density at radius 3 is 2.48 bits per heavy atom.